The molecule has 0 spiro atoms. The number of hydrogen-bond donors (Lipinski definition) is 5. The van der Waals surface area contributed by atoms with Crippen LogP contribution in [0.2, 0.25) is 0 Å². The maximum atomic E-state index is 13.2. The predicted octanol–water partition coefficient (Wildman–Crippen LogP) is -0.811. The second kappa shape index (κ2) is 8.51. The first kappa shape index (κ1) is 22.2. The summed E-state index contributed by atoms with van der Waals surface area (Å²) in [7, 11) is -8.82. The molecule has 0 amide bonds. The van der Waals surface area contributed by atoms with Crippen molar-refractivity contribution in [3.05, 3.63) is 30.5 Å². The van der Waals surface area contributed by atoms with Gasteiger partial charge < -0.3 is 11.1 Å². The molecule has 3 heterocycles. The molecule has 0 saturated carbocycles. The molecule has 1 atom stereocenters. The summed E-state index contributed by atoms with van der Waals surface area (Å²) in [5.41, 5.74) is 6.28. The molecule has 2 aromatic heterocycles. The van der Waals surface area contributed by atoms with E-state index in [4.69, 9.17) is 10.9 Å². The molecule has 3 aromatic rings. The van der Waals surface area contributed by atoms with E-state index in [0.29, 0.717) is 24.1 Å². The Balaban J connectivity index is 1.96. The molecule has 0 radical (unpaired) electrons. The van der Waals surface area contributed by atoms with Gasteiger partial charge in [0.1, 0.15) is 15.6 Å². The van der Waals surface area contributed by atoms with Crippen LogP contribution in [-0.4, -0.2) is 61.6 Å². The Morgan fingerprint density at radius 1 is 1.12 bits per heavy atom. The van der Waals surface area contributed by atoms with Crippen molar-refractivity contribution in [2.24, 2.45) is 5.14 Å². The van der Waals surface area contributed by atoms with E-state index in [2.05, 4.69) is 35.6 Å². The Kier molecular flexibility index (Phi) is 5.91. The van der Waals surface area contributed by atoms with Gasteiger partial charge in [0.25, 0.3) is 0 Å². The molecular formula is C17H21N9O4S2. The third-order valence-electron chi connectivity index (χ3n) is 4.98. The number of H-pyrrole nitrogens is 1. The van der Waals surface area contributed by atoms with Crippen molar-refractivity contribution in [3.63, 3.8) is 0 Å². The van der Waals surface area contributed by atoms with Gasteiger partial charge >= 0.3 is 0 Å². The zero-order chi connectivity index (χ0) is 22.9. The number of hydrogen-bond acceptors (Lipinski definition) is 10. The van der Waals surface area contributed by atoms with Gasteiger partial charge in [0.2, 0.25) is 25.9 Å². The lowest BCUT2D eigenvalue weighted by Gasteiger charge is -2.24. The van der Waals surface area contributed by atoms with Gasteiger partial charge in [-0.3, -0.25) is 0 Å². The molecule has 4 rings (SSSR count). The van der Waals surface area contributed by atoms with Crippen LogP contribution < -0.4 is 20.9 Å². The molecule has 1 aromatic carbocycles. The first-order chi connectivity index (χ1) is 15.2. The maximum Gasteiger partial charge on any atom is 0.242 e. The number of rotatable bonds is 6. The van der Waals surface area contributed by atoms with Gasteiger partial charge in [-0.05, 0) is 48.4 Å². The molecular weight excluding hydrogens is 458 g/mol. The fourth-order valence-corrected chi connectivity index (χ4v) is 6.46. The number of tetrazole rings is 1. The Hall–Kier alpha value is -2.98. The monoisotopic (exact) mass is 479 g/mol. The van der Waals surface area contributed by atoms with Gasteiger partial charge in [0.05, 0.1) is 5.56 Å². The molecule has 15 heteroatoms. The number of primary sulfonamides is 1. The minimum Gasteiger partial charge on any atom is -0.384 e. The summed E-state index contributed by atoms with van der Waals surface area (Å²) in [6.07, 6.45) is 2.82. The van der Waals surface area contributed by atoms with Crippen LogP contribution in [0.25, 0.3) is 22.5 Å². The summed E-state index contributed by atoms with van der Waals surface area (Å²) in [5.74, 6) is 0.114. The Morgan fingerprint density at radius 2 is 1.94 bits per heavy atom. The van der Waals surface area contributed by atoms with E-state index in [1.54, 1.807) is 6.07 Å². The number of nitrogens with two attached hydrogens (primary N) is 2. The molecule has 1 aliphatic rings. The van der Waals surface area contributed by atoms with E-state index in [0.717, 1.165) is 13.0 Å². The van der Waals surface area contributed by atoms with Gasteiger partial charge in [0.15, 0.2) is 0 Å². The topological polar surface area (TPSA) is 212 Å². The van der Waals surface area contributed by atoms with E-state index in [-0.39, 0.29) is 17.2 Å². The summed E-state index contributed by atoms with van der Waals surface area (Å²) >= 11 is 0. The van der Waals surface area contributed by atoms with Crippen LogP contribution in [0.1, 0.15) is 12.8 Å². The molecule has 1 unspecified atom stereocenters. The number of nitrogens with one attached hydrogen (secondary N) is 3. The fraction of sp³-hybridized carbons (Fsp3) is 0.294. The lowest BCUT2D eigenvalue weighted by molar-refractivity contribution is 0.428. The quantitative estimate of drug-likeness (QED) is 0.296. The lowest BCUT2D eigenvalue weighted by atomic mass is 10.0. The van der Waals surface area contributed by atoms with Crippen molar-refractivity contribution in [2.75, 3.05) is 18.8 Å². The minimum atomic E-state index is -4.55. The molecule has 1 aliphatic heterocycles. The lowest BCUT2D eigenvalue weighted by Crippen LogP contribution is -2.45. The number of aromatic nitrogens is 5. The van der Waals surface area contributed by atoms with E-state index < -0.39 is 35.9 Å². The zero-order valence-corrected chi connectivity index (χ0v) is 18.3. The number of pyridine rings is 1. The first-order valence-corrected chi connectivity index (χ1v) is 12.6. The summed E-state index contributed by atoms with van der Waals surface area (Å²) < 4.78 is 54.4. The highest BCUT2D eigenvalue weighted by molar-refractivity contribution is 7.92. The summed E-state index contributed by atoms with van der Waals surface area (Å²) in [4.78, 5) is 2.88. The van der Waals surface area contributed by atoms with Crippen molar-refractivity contribution in [1.29, 1.82) is 0 Å². The molecule has 7 N–H and O–H groups in total. The normalized spacial score (nSPS) is 17.3. The van der Waals surface area contributed by atoms with E-state index in [9.17, 15) is 16.8 Å². The molecule has 13 nitrogen and oxygen atoms in total. The highest BCUT2D eigenvalue weighted by Gasteiger charge is 2.33. The maximum absolute atomic E-state index is 13.2. The molecule has 1 fully saturated rings. The summed E-state index contributed by atoms with van der Waals surface area (Å²) in [5, 5.41) is 22.1. The fourth-order valence-electron chi connectivity index (χ4n) is 3.59. The average Bonchev–Trinajstić information content (AvgIpc) is 3.28. The van der Waals surface area contributed by atoms with Crippen LogP contribution in [0.15, 0.2) is 40.3 Å². The standard InChI is InChI=1S/C17H21N9O4S2/c18-14-6-3-10(8-21-14)12-4-5-13(32(29,30)24-11-2-1-7-20-9-11)16(31(19,27)28)15(12)17-22-25-26-23-17/h3-6,8,11,20,24H,1-2,7,9H2,(H2,18,21)(H2,19,27,28)(H,22,23,25,26). The summed E-state index contributed by atoms with van der Waals surface area (Å²) in [6.45, 7) is 1.21. The highest BCUT2D eigenvalue weighted by Crippen LogP contribution is 2.38. The largest absolute Gasteiger partial charge is 0.384 e. The van der Waals surface area contributed by atoms with Crippen LogP contribution in [0, 0.1) is 0 Å². The van der Waals surface area contributed by atoms with Gasteiger partial charge in [-0.15, -0.1) is 10.2 Å². The number of nitrogen functional groups attached to an aromatic ring is 1. The minimum absolute atomic E-state index is 0.113. The van der Waals surface area contributed by atoms with Crippen molar-refractivity contribution >= 4 is 25.9 Å². The van der Waals surface area contributed by atoms with Crippen LogP contribution in [0.4, 0.5) is 5.82 Å². The van der Waals surface area contributed by atoms with E-state index >= 15 is 0 Å². The van der Waals surface area contributed by atoms with E-state index in [1.165, 1.54) is 24.4 Å². The summed E-state index contributed by atoms with van der Waals surface area (Å²) in [6, 6.07) is 5.37. The second-order valence-electron chi connectivity index (χ2n) is 7.23. The second-order valence-corrected chi connectivity index (χ2v) is 10.4. The van der Waals surface area contributed by atoms with Gasteiger partial charge in [0, 0.05) is 24.3 Å². The van der Waals surface area contributed by atoms with Crippen molar-refractivity contribution in [3.8, 4) is 22.5 Å². The third-order valence-corrected chi connectivity index (χ3v) is 7.67. The molecule has 0 bridgehead atoms. The van der Waals surface area contributed by atoms with Gasteiger partial charge in [-0.2, -0.15) is 5.21 Å². The van der Waals surface area contributed by atoms with Crippen LogP contribution in [0.3, 0.4) is 0 Å². The van der Waals surface area contributed by atoms with Crippen molar-refractivity contribution in [2.45, 2.75) is 28.7 Å². The first-order valence-electron chi connectivity index (χ1n) is 9.55. The molecule has 170 valence electrons. The highest BCUT2D eigenvalue weighted by atomic mass is 32.2. The number of aromatic amines is 1. The van der Waals surface area contributed by atoms with Crippen LogP contribution in [-0.2, 0) is 20.0 Å². The molecule has 32 heavy (non-hydrogen) atoms. The van der Waals surface area contributed by atoms with Crippen LogP contribution >= 0.6 is 0 Å². The number of benzene rings is 1. The Morgan fingerprint density at radius 3 is 2.53 bits per heavy atom. The number of nitrogens with zero attached hydrogens (tertiary/aromatic N) is 4. The van der Waals surface area contributed by atoms with Crippen molar-refractivity contribution < 1.29 is 16.8 Å². The predicted molar refractivity (Wildman–Crippen MR) is 115 cm³/mol. The van der Waals surface area contributed by atoms with Crippen LogP contribution in [0.5, 0.6) is 0 Å². The average molecular weight is 480 g/mol. The SMILES string of the molecule is Nc1ccc(-c2ccc(S(=O)(=O)NC3CCCNC3)c(S(N)(=O)=O)c2-c2nn[nH]n2)cn1. The van der Waals surface area contributed by atoms with Gasteiger partial charge in [-0.25, -0.2) is 31.7 Å². The Bertz CT molecular complexity index is 1320. The zero-order valence-electron chi connectivity index (χ0n) is 16.7. The number of anilines is 1. The van der Waals surface area contributed by atoms with Gasteiger partial charge in [-0.1, -0.05) is 6.07 Å². The van der Waals surface area contributed by atoms with Crippen molar-refractivity contribution in [1.82, 2.24) is 35.6 Å². The number of piperidine rings is 1. The van der Waals surface area contributed by atoms with E-state index in [1.807, 2.05) is 0 Å². The third kappa shape index (κ3) is 4.46. The molecule has 0 aliphatic carbocycles. The smallest absolute Gasteiger partial charge is 0.242 e. The number of sulfonamides is 2. The molecule has 1 saturated heterocycles. The Labute approximate surface area is 184 Å².